The Bertz CT molecular complexity index is 951. The fourth-order valence-electron chi connectivity index (χ4n) is 3.58. The van der Waals surface area contributed by atoms with E-state index in [1.807, 2.05) is 37.4 Å². The molecule has 2 amide bonds. The molecule has 0 saturated heterocycles. The van der Waals surface area contributed by atoms with Gasteiger partial charge in [0, 0.05) is 22.3 Å². The summed E-state index contributed by atoms with van der Waals surface area (Å²) in [5, 5.41) is 3.23. The Morgan fingerprint density at radius 3 is 2.61 bits per heavy atom. The monoisotopic (exact) mass is 460 g/mol. The van der Waals surface area contributed by atoms with Crippen LogP contribution in [0.3, 0.4) is 0 Å². The van der Waals surface area contributed by atoms with Crippen molar-refractivity contribution in [1.29, 1.82) is 0 Å². The molecule has 31 heavy (non-hydrogen) atoms. The highest BCUT2D eigenvalue weighted by molar-refractivity contribution is 7.98. The Morgan fingerprint density at radius 2 is 1.90 bits per heavy atom. The van der Waals surface area contributed by atoms with E-state index < -0.39 is 17.9 Å². The average molecular weight is 461 g/mol. The third-order valence-electron chi connectivity index (χ3n) is 5.12. The van der Waals surface area contributed by atoms with Gasteiger partial charge in [-0.3, -0.25) is 9.59 Å². The molecular formula is C23H25ClN2O4S. The van der Waals surface area contributed by atoms with Crippen molar-refractivity contribution >= 4 is 46.8 Å². The van der Waals surface area contributed by atoms with Crippen LogP contribution in [-0.4, -0.2) is 48.5 Å². The summed E-state index contributed by atoms with van der Waals surface area (Å²) < 4.78 is 5.32. The number of carbonyl (C=O) groups is 3. The molecule has 0 aliphatic carbocycles. The van der Waals surface area contributed by atoms with Crippen molar-refractivity contribution in [3.63, 3.8) is 0 Å². The van der Waals surface area contributed by atoms with Crippen molar-refractivity contribution in [3.8, 4) is 0 Å². The van der Waals surface area contributed by atoms with E-state index in [1.54, 1.807) is 40.9 Å². The fourth-order valence-corrected chi connectivity index (χ4v) is 4.17. The van der Waals surface area contributed by atoms with Gasteiger partial charge in [0.2, 0.25) is 0 Å². The number of amides is 2. The molecule has 2 aromatic carbocycles. The number of ether oxygens (including phenoxy) is 1. The molecule has 0 aromatic heterocycles. The number of nitrogens with zero attached hydrogens (tertiary/aromatic N) is 1. The van der Waals surface area contributed by atoms with Gasteiger partial charge in [-0.15, -0.1) is 0 Å². The number of anilines is 1. The molecular weight excluding hydrogens is 436 g/mol. The van der Waals surface area contributed by atoms with Crippen LogP contribution in [0.4, 0.5) is 5.69 Å². The number of rotatable bonds is 8. The Labute approximate surface area is 191 Å². The topological polar surface area (TPSA) is 75.7 Å². The van der Waals surface area contributed by atoms with Crippen LogP contribution in [0.25, 0.3) is 0 Å². The van der Waals surface area contributed by atoms with Crippen LogP contribution in [0.5, 0.6) is 0 Å². The number of halogens is 1. The lowest BCUT2D eigenvalue weighted by molar-refractivity contribution is -0.149. The number of benzene rings is 2. The number of esters is 1. The molecule has 2 atom stereocenters. The first-order chi connectivity index (χ1) is 14.9. The number of hydrogen-bond acceptors (Lipinski definition) is 5. The second kappa shape index (κ2) is 10.7. The smallest absolute Gasteiger partial charge is 0.329 e. The van der Waals surface area contributed by atoms with Gasteiger partial charge >= 0.3 is 5.97 Å². The molecule has 6 nitrogen and oxygen atoms in total. The number of para-hydroxylation sites is 1. The normalized spacial score (nSPS) is 15.8. The maximum absolute atomic E-state index is 12.8. The predicted molar refractivity (Wildman–Crippen MR) is 124 cm³/mol. The van der Waals surface area contributed by atoms with E-state index >= 15 is 0 Å². The highest BCUT2D eigenvalue weighted by atomic mass is 35.5. The first-order valence-corrected chi connectivity index (χ1v) is 11.8. The molecule has 1 aliphatic rings. The Kier molecular flexibility index (Phi) is 7.98. The van der Waals surface area contributed by atoms with Crippen LogP contribution in [0.2, 0.25) is 5.02 Å². The van der Waals surface area contributed by atoms with Crippen LogP contribution < -0.4 is 10.2 Å². The van der Waals surface area contributed by atoms with E-state index in [4.69, 9.17) is 16.3 Å². The number of thioether (sulfide) groups is 1. The Hall–Kier alpha value is -2.51. The van der Waals surface area contributed by atoms with E-state index in [0.29, 0.717) is 22.8 Å². The number of fused-ring (bicyclic) bond motifs is 1. The van der Waals surface area contributed by atoms with Crippen molar-refractivity contribution < 1.29 is 19.1 Å². The highest BCUT2D eigenvalue weighted by Gasteiger charge is 2.32. The van der Waals surface area contributed by atoms with Gasteiger partial charge in [-0.25, -0.2) is 4.79 Å². The molecule has 2 unspecified atom stereocenters. The molecule has 1 N–H and O–H groups in total. The predicted octanol–water partition coefficient (Wildman–Crippen LogP) is 3.71. The molecule has 164 valence electrons. The molecule has 2 aromatic rings. The lowest BCUT2D eigenvalue weighted by Crippen LogP contribution is -2.44. The maximum atomic E-state index is 12.8. The van der Waals surface area contributed by atoms with Gasteiger partial charge in [0.1, 0.15) is 6.04 Å². The van der Waals surface area contributed by atoms with Crippen molar-refractivity contribution in [3.05, 3.63) is 64.7 Å². The molecule has 1 heterocycles. The molecule has 0 radical (unpaired) electrons. The van der Waals surface area contributed by atoms with Crippen molar-refractivity contribution in [2.24, 2.45) is 0 Å². The average Bonchev–Trinajstić information content (AvgIpc) is 3.10. The highest BCUT2D eigenvalue weighted by Crippen LogP contribution is 2.31. The van der Waals surface area contributed by atoms with Gasteiger partial charge in [0.25, 0.3) is 11.8 Å². The van der Waals surface area contributed by atoms with E-state index in [1.165, 1.54) is 0 Å². The SMILES string of the molecule is CSCCC(NC(=O)c1ccc(Cl)cc1)C(=O)OCC(=O)N1c2ccccc2CC1C. The summed E-state index contributed by atoms with van der Waals surface area (Å²) >= 11 is 7.42. The molecule has 0 bridgehead atoms. The molecule has 3 rings (SSSR count). The molecule has 0 fully saturated rings. The van der Waals surface area contributed by atoms with Crippen LogP contribution in [0.15, 0.2) is 48.5 Å². The van der Waals surface area contributed by atoms with Gasteiger partial charge < -0.3 is 15.0 Å². The summed E-state index contributed by atoms with van der Waals surface area (Å²) in [6.07, 6.45) is 3.08. The van der Waals surface area contributed by atoms with Crippen LogP contribution >= 0.6 is 23.4 Å². The summed E-state index contributed by atoms with van der Waals surface area (Å²) in [7, 11) is 0. The largest absolute Gasteiger partial charge is 0.454 e. The molecule has 1 aliphatic heterocycles. The Morgan fingerprint density at radius 1 is 1.19 bits per heavy atom. The second-order valence-electron chi connectivity index (χ2n) is 7.37. The number of nitrogens with one attached hydrogen (secondary N) is 1. The zero-order chi connectivity index (χ0) is 22.4. The first kappa shape index (κ1) is 23.2. The zero-order valence-electron chi connectivity index (χ0n) is 17.5. The fraction of sp³-hybridized carbons (Fsp3) is 0.348. The number of hydrogen-bond donors (Lipinski definition) is 1. The molecule has 8 heteroatoms. The van der Waals surface area contributed by atoms with Gasteiger partial charge in [0.05, 0.1) is 0 Å². The van der Waals surface area contributed by atoms with Gasteiger partial charge in [-0.1, -0.05) is 29.8 Å². The lowest BCUT2D eigenvalue weighted by Gasteiger charge is -2.23. The van der Waals surface area contributed by atoms with Crippen LogP contribution in [0, 0.1) is 0 Å². The number of carbonyl (C=O) groups excluding carboxylic acids is 3. The zero-order valence-corrected chi connectivity index (χ0v) is 19.0. The van der Waals surface area contributed by atoms with Gasteiger partial charge in [-0.05, 0) is 67.7 Å². The standard InChI is InChI=1S/C23H25ClN2O4S/c1-15-13-17-5-3-4-6-20(17)26(15)21(27)14-30-23(29)19(11-12-31-2)25-22(28)16-7-9-18(24)10-8-16/h3-10,15,19H,11-14H2,1-2H3,(H,25,28). The van der Waals surface area contributed by atoms with Crippen molar-refractivity contribution in [1.82, 2.24) is 5.32 Å². The van der Waals surface area contributed by atoms with Gasteiger partial charge in [-0.2, -0.15) is 11.8 Å². The van der Waals surface area contributed by atoms with E-state index in [2.05, 4.69) is 5.32 Å². The maximum Gasteiger partial charge on any atom is 0.329 e. The minimum absolute atomic E-state index is 0.000461. The second-order valence-corrected chi connectivity index (χ2v) is 8.79. The minimum Gasteiger partial charge on any atom is -0.454 e. The summed E-state index contributed by atoms with van der Waals surface area (Å²) in [6, 6.07) is 13.3. The van der Waals surface area contributed by atoms with Crippen LogP contribution in [0.1, 0.15) is 29.3 Å². The summed E-state index contributed by atoms with van der Waals surface area (Å²) in [5.74, 6) is -0.637. The van der Waals surface area contributed by atoms with Gasteiger partial charge in [0.15, 0.2) is 6.61 Å². The summed E-state index contributed by atoms with van der Waals surface area (Å²) in [5.41, 5.74) is 2.35. The summed E-state index contributed by atoms with van der Waals surface area (Å²) in [6.45, 7) is 1.59. The minimum atomic E-state index is -0.841. The Balaban J connectivity index is 1.62. The van der Waals surface area contributed by atoms with E-state index in [9.17, 15) is 14.4 Å². The van der Waals surface area contributed by atoms with E-state index in [0.717, 1.165) is 17.7 Å². The summed E-state index contributed by atoms with van der Waals surface area (Å²) in [4.78, 5) is 39.6. The molecule has 0 saturated carbocycles. The quantitative estimate of drug-likeness (QED) is 0.608. The third kappa shape index (κ3) is 5.80. The van der Waals surface area contributed by atoms with E-state index in [-0.39, 0.29) is 18.6 Å². The molecule has 0 spiro atoms. The van der Waals surface area contributed by atoms with Crippen molar-refractivity contribution in [2.75, 3.05) is 23.5 Å². The van der Waals surface area contributed by atoms with Crippen LogP contribution in [-0.2, 0) is 20.7 Å². The van der Waals surface area contributed by atoms with Crippen molar-refractivity contribution in [2.45, 2.75) is 31.8 Å². The lowest BCUT2D eigenvalue weighted by atomic mass is 10.1. The first-order valence-electron chi connectivity index (χ1n) is 10.0. The third-order valence-corrected chi connectivity index (χ3v) is 6.02.